The van der Waals surface area contributed by atoms with Crippen LogP contribution < -0.4 is 15.1 Å². The first-order valence-electron chi connectivity index (χ1n) is 11.0. The van der Waals surface area contributed by atoms with Gasteiger partial charge < -0.3 is 9.64 Å². The number of hydrazone groups is 1. The molecule has 0 fully saturated rings. The van der Waals surface area contributed by atoms with Gasteiger partial charge in [-0.15, -0.1) is 10.2 Å². The van der Waals surface area contributed by atoms with E-state index in [0.717, 1.165) is 28.3 Å². The molecule has 0 atom stereocenters. The number of aromatic nitrogens is 3. The number of anilines is 1. The highest BCUT2D eigenvalue weighted by Gasteiger charge is 2.17. The number of nitrogens with zero attached hydrogens (tertiary/aromatic N) is 5. The van der Waals surface area contributed by atoms with Gasteiger partial charge in [0.15, 0.2) is 11.0 Å². The number of carbonyl (C=O) groups is 1. The van der Waals surface area contributed by atoms with E-state index >= 15 is 0 Å². The molecule has 0 bridgehead atoms. The normalized spacial score (nSPS) is 11.0. The van der Waals surface area contributed by atoms with Gasteiger partial charge in [0.25, 0.3) is 5.91 Å². The van der Waals surface area contributed by atoms with Crippen LogP contribution in [0.1, 0.15) is 5.56 Å². The number of halogens is 1. The van der Waals surface area contributed by atoms with Crippen molar-refractivity contribution in [3.8, 4) is 22.8 Å². The Kier molecular flexibility index (Phi) is 8.24. The summed E-state index contributed by atoms with van der Waals surface area (Å²) in [7, 11) is 5.58. The van der Waals surface area contributed by atoms with Crippen LogP contribution in [0.15, 0.2) is 83.1 Å². The van der Waals surface area contributed by atoms with Crippen molar-refractivity contribution in [1.29, 1.82) is 0 Å². The van der Waals surface area contributed by atoms with Crippen LogP contribution in [0, 0.1) is 0 Å². The van der Waals surface area contributed by atoms with Crippen molar-refractivity contribution in [3.63, 3.8) is 0 Å². The first-order chi connectivity index (χ1) is 17.4. The zero-order valence-corrected chi connectivity index (χ0v) is 21.6. The number of nitrogens with one attached hydrogen (secondary N) is 1. The van der Waals surface area contributed by atoms with Crippen molar-refractivity contribution in [3.05, 3.63) is 83.4 Å². The molecule has 0 spiro atoms. The molecule has 0 unspecified atom stereocenters. The number of rotatable bonds is 9. The van der Waals surface area contributed by atoms with Crippen molar-refractivity contribution in [1.82, 2.24) is 20.2 Å². The SMILES string of the molecule is COc1ccc(-c2nnc(SCC(=O)NN=Cc3ccc(N(C)C)cc3)n2-c2ccc(Cl)cc2)cc1. The van der Waals surface area contributed by atoms with Gasteiger partial charge in [-0.3, -0.25) is 9.36 Å². The number of thioether (sulfide) groups is 1. The van der Waals surface area contributed by atoms with Crippen molar-refractivity contribution < 1.29 is 9.53 Å². The van der Waals surface area contributed by atoms with Crippen LogP contribution in [-0.4, -0.2) is 53.8 Å². The fourth-order valence-corrected chi connectivity index (χ4v) is 4.18. The van der Waals surface area contributed by atoms with Crippen molar-refractivity contribution in [2.24, 2.45) is 5.10 Å². The molecular weight excluding hydrogens is 496 g/mol. The number of hydrogen-bond acceptors (Lipinski definition) is 7. The number of hydrogen-bond donors (Lipinski definition) is 1. The highest BCUT2D eigenvalue weighted by atomic mass is 35.5. The Morgan fingerprint density at radius 2 is 1.75 bits per heavy atom. The molecule has 8 nitrogen and oxygen atoms in total. The first-order valence-corrected chi connectivity index (χ1v) is 12.4. The second-order valence-electron chi connectivity index (χ2n) is 7.91. The zero-order chi connectivity index (χ0) is 25.5. The topological polar surface area (TPSA) is 84.6 Å². The van der Waals surface area contributed by atoms with Gasteiger partial charge in [-0.05, 0) is 66.2 Å². The third-order valence-electron chi connectivity index (χ3n) is 5.21. The Morgan fingerprint density at radius 1 is 1.06 bits per heavy atom. The van der Waals surface area contributed by atoms with Gasteiger partial charge in [0.1, 0.15) is 5.75 Å². The van der Waals surface area contributed by atoms with Gasteiger partial charge in [-0.2, -0.15) is 5.10 Å². The van der Waals surface area contributed by atoms with Crippen LogP contribution in [-0.2, 0) is 4.79 Å². The molecule has 0 aliphatic heterocycles. The number of methoxy groups -OCH3 is 1. The summed E-state index contributed by atoms with van der Waals surface area (Å²) in [4.78, 5) is 14.5. The molecule has 0 saturated carbocycles. The standard InChI is InChI=1S/C26H25ClN6O2S/c1-32(2)21-10-4-18(5-11-21)16-28-29-24(34)17-36-26-31-30-25(19-6-14-23(35-3)15-7-19)33(26)22-12-8-20(27)9-13-22/h4-16H,17H2,1-3H3,(H,29,34). The summed E-state index contributed by atoms with van der Waals surface area (Å²) in [6, 6.07) is 22.8. The Bertz CT molecular complexity index is 1340. The maximum atomic E-state index is 12.4. The minimum atomic E-state index is -0.252. The summed E-state index contributed by atoms with van der Waals surface area (Å²) in [5, 5.41) is 14.0. The largest absolute Gasteiger partial charge is 0.497 e. The third kappa shape index (κ3) is 6.24. The van der Waals surface area contributed by atoms with E-state index < -0.39 is 0 Å². The predicted octanol–water partition coefficient (Wildman–Crippen LogP) is 4.90. The van der Waals surface area contributed by atoms with Crippen LogP contribution in [0.25, 0.3) is 17.1 Å². The number of amides is 1. The van der Waals surface area contributed by atoms with Crippen molar-refractivity contribution >= 4 is 41.2 Å². The van der Waals surface area contributed by atoms with E-state index in [1.165, 1.54) is 11.8 Å². The highest BCUT2D eigenvalue weighted by Crippen LogP contribution is 2.29. The monoisotopic (exact) mass is 520 g/mol. The van der Waals surface area contributed by atoms with Crippen LogP contribution in [0.2, 0.25) is 5.02 Å². The summed E-state index contributed by atoms with van der Waals surface area (Å²) in [6.07, 6.45) is 1.61. The van der Waals surface area contributed by atoms with Gasteiger partial charge >= 0.3 is 0 Å². The van der Waals surface area contributed by atoms with Gasteiger partial charge in [0, 0.05) is 36.1 Å². The molecule has 3 aromatic carbocycles. The lowest BCUT2D eigenvalue weighted by atomic mass is 10.2. The van der Waals surface area contributed by atoms with Crippen molar-refractivity contribution in [2.45, 2.75) is 5.16 Å². The van der Waals surface area contributed by atoms with Gasteiger partial charge in [0.05, 0.1) is 19.1 Å². The maximum absolute atomic E-state index is 12.4. The minimum absolute atomic E-state index is 0.116. The summed E-state index contributed by atoms with van der Waals surface area (Å²) in [5.74, 6) is 1.25. The van der Waals surface area contributed by atoms with Crippen LogP contribution in [0.5, 0.6) is 5.75 Å². The van der Waals surface area contributed by atoms with Gasteiger partial charge in [0.2, 0.25) is 0 Å². The Morgan fingerprint density at radius 3 is 2.39 bits per heavy atom. The average molecular weight is 521 g/mol. The third-order valence-corrected chi connectivity index (χ3v) is 6.39. The molecule has 36 heavy (non-hydrogen) atoms. The number of benzene rings is 3. The Labute approximate surface area is 218 Å². The summed E-state index contributed by atoms with van der Waals surface area (Å²) in [5.41, 5.74) is 6.24. The van der Waals surface area contributed by atoms with Crippen molar-refractivity contribution in [2.75, 3.05) is 31.9 Å². The molecule has 4 rings (SSSR count). The van der Waals surface area contributed by atoms with E-state index in [0.29, 0.717) is 16.0 Å². The molecule has 1 heterocycles. The van der Waals surface area contributed by atoms with E-state index in [-0.39, 0.29) is 11.7 Å². The highest BCUT2D eigenvalue weighted by molar-refractivity contribution is 7.99. The zero-order valence-electron chi connectivity index (χ0n) is 20.1. The fraction of sp³-hybridized carbons (Fsp3) is 0.154. The van der Waals surface area contributed by atoms with Crippen LogP contribution in [0.4, 0.5) is 5.69 Å². The van der Waals surface area contributed by atoms with E-state index in [1.54, 1.807) is 25.5 Å². The molecule has 1 aromatic heterocycles. The molecule has 0 aliphatic rings. The number of carbonyl (C=O) groups excluding carboxylic acids is 1. The average Bonchev–Trinajstić information content (AvgIpc) is 3.32. The predicted molar refractivity (Wildman–Crippen MR) is 146 cm³/mol. The Hall–Kier alpha value is -3.82. The lowest BCUT2D eigenvalue weighted by Crippen LogP contribution is -2.20. The first kappa shape index (κ1) is 25.3. The van der Waals surface area contributed by atoms with E-state index in [9.17, 15) is 4.79 Å². The lowest BCUT2D eigenvalue weighted by Gasteiger charge is -2.11. The summed E-state index contributed by atoms with van der Waals surface area (Å²) in [6.45, 7) is 0. The van der Waals surface area contributed by atoms with E-state index in [2.05, 4.69) is 20.7 Å². The quantitative estimate of drug-likeness (QED) is 0.192. The van der Waals surface area contributed by atoms with E-state index in [4.69, 9.17) is 16.3 Å². The van der Waals surface area contributed by atoms with Crippen LogP contribution >= 0.6 is 23.4 Å². The molecule has 0 saturated heterocycles. The molecule has 184 valence electrons. The lowest BCUT2D eigenvalue weighted by molar-refractivity contribution is -0.118. The smallest absolute Gasteiger partial charge is 0.250 e. The molecule has 4 aromatic rings. The molecule has 1 N–H and O–H groups in total. The minimum Gasteiger partial charge on any atom is -0.497 e. The molecule has 0 radical (unpaired) electrons. The second-order valence-corrected chi connectivity index (χ2v) is 9.29. The molecular formula is C26H25ClN6O2S. The van der Waals surface area contributed by atoms with E-state index in [1.807, 2.05) is 84.2 Å². The fourth-order valence-electron chi connectivity index (χ4n) is 3.31. The second kappa shape index (κ2) is 11.7. The number of ether oxygens (including phenoxy) is 1. The Balaban J connectivity index is 1.47. The molecule has 0 aliphatic carbocycles. The molecule has 10 heteroatoms. The van der Waals surface area contributed by atoms with Gasteiger partial charge in [-0.1, -0.05) is 35.5 Å². The summed E-state index contributed by atoms with van der Waals surface area (Å²) >= 11 is 7.36. The van der Waals surface area contributed by atoms with Gasteiger partial charge in [-0.25, -0.2) is 5.43 Å². The molecule has 1 amide bonds. The summed E-state index contributed by atoms with van der Waals surface area (Å²) < 4.78 is 7.15. The maximum Gasteiger partial charge on any atom is 0.250 e. The van der Waals surface area contributed by atoms with Crippen LogP contribution in [0.3, 0.4) is 0 Å².